The zero-order chi connectivity index (χ0) is 23.8. The Labute approximate surface area is 206 Å². The molecular formula is C23H17ClN4O4S2. The Kier molecular flexibility index (Phi) is 6.11. The van der Waals surface area contributed by atoms with Crippen LogP contribution >= 0.6 is 34.7 Å². The average molecular weight is 513 g/mol. The number of aryl methyl sites for hydroxylation is 2. The summed E-state index contributed by atoms with van der Waals surface area (Å²) in [5.41, 5.74) is 1.43. The molecule has 2 aromatic carbocycles. The van der Waals surface area contributed by atoms with Gasteiger partial charge < -0.3 is 5.32 Å². The van der Waals surface area contributed by atoms with Gasteiger partial charge in [0, 0.05) is 16.0 Å². The maximum atomic E-state index is 13.6. The number of anilines is 1. The Morgan fingerprint density at radius 1 is 1.21 bits per heavy atom. The van der Waals surface area contributed by atoms with E-state index < -0.39 is 10.8 Å². The molecule has 11 heteroatoms. The summed E-state index contributed by atoms with van der Waals surface area (Å²) in [6.07, 6.45) is 2.83. The Bertz CT molecular complexity index is 1500. The standard InChI is InChI=1S/C23H17ClN4O4S2/c24-13-8-10-14(11-9-13)27-22(30)20-15-4-3-7-18(15)34-21(20)26-23(27)33-12-19(29)25-16-5-1-2-6-17(16)28(31)32/h1-2,5-6,8-11H,3-4,7,12H2,(H,25,29). The fourth-order valence-electron chi connectivity index (χ4n) is 3.99. The highest BCUT2D eigenvalue weighted by Gasteiger charge is 2.24. The molecule has 2 aromatic heterocycles. The molecule has 0 atom stereocenters. The number of hydrogen-bond donors (Lipinski definition) is 1. The minimum Gasteiger partial charge on any atom is -0.320 e. The molecule has 1 aliphatic carbocycles. The number of fused-ring (bicyclic) bond motifs is 3. The molecule has 0 aliphatic heterocycles. The first kappa shape index (κ1) is 22.6. The zero-order valence-electron chi connectivity index (χ0n) is 17.6. The van der Waals surface area contributed by atoms with Gasteiger partial charge in [-0.1, -0.05) is 35.5 Å². The van der Waals surface area contributed by atoms with Gasteiger partial charge in [0.05, 0.1) is 21.7 Å². The molecule has 4 aromatic rings. The molecule has 0 saturated heterocycles. The Morgan fingerprint density at radius 2 is 1.97 bits per heavy atom. The average Bonchev–Trinajstić information content (AvgIpc) is 3.40. The number of aromatic nitrogens is 2. The Morgan fingerprint density at radius 3 is 2.74 bits per heavy atom. The lowest BCUT2D eigenvalue weighted by Gasteiger charge is -2.13. The van der Waals surface area contributed by atoms with Crippen molar-refractivity contribution < 1.29 is 9.72 Å². The second-order valence-corrected chi connectivity index (χ2v) is 10.1. The topological polar surface area (TPSA) is 107 Å². The summed E-state index contributed by atoms with van der Waals surface area (Å²) < 4.78 is 1.51. The van der Waals surface area contributed by atoms with E-state index in [0.717, 1.165) is 36.6 Å². The van der Waals surface area contributed by atoms with Crippen LogP contribution in [-0.2, 0) is 17.6 Å². The van der Waals surface area contributed by atoms with Crippen LogP contribution in [0.1, 0.15) is 16.9 Å². The number of thiophene rings is 1. The fourth-order valence-corrected chi connectivity index (χ4v) is 6.24. The monoisotopic (exact) mass is 512 g/mol. The van der Waals surface area contributed by atoms with Crippen molar-refractivity contribution in [1.29, 1.82) is 0 Å². The molecule has 34 heavy (non-hydrogen) atoms. The van der Waals surface area contributed by atoms with E-state index in [9.17, 15) is 19.7 Å². The van der Waals surface area contributed by atoms with E-state index >= 15 is 0 Å². The van der Waals surface area contributed by atoms with Gasteiger partial charge in [0.2, 0.25) is 5.91 Å². The highest BCUT2D eigenvalue weighted by molar-refractivity contribution is 7.99. The van der Waals surface area contributed by atoms with Crippen molar-refractivity contribution in [3.8, 4) is 5.69 Å². The van der Waals surface area contributed by atoms with Crippen LogP contribution in [0.5, 0.6) is 0 Å². The van der Waals surface area contributed by atoms with E-state index in [4.69, 9.17) is 16.6 Å². The molecule has 0 radical (unpaired) electrons. The van der Waals surface area contributed by atoms with Gasteiger partial charge in [-0.3, -0.25) is 24.3 Å². The van der Waals surface area contributed by atoms with Crippen molar-refractivity contribution in [1.82, 2.24) is 9.55 Å². The third kappa shape index (κ3) is 4.20. The summed E-state index contributed by atoms with van der Waals surface area (Å²) in [4.78, 5) is 43.5. The molecule has 8 nitrogen and oxygen atoms in total. The third-order valence-electron chi connectivity index (χ3n) is 5.50. The molecule has 0 fully saturated rings. The quantitative estimate of drug-likeness (QED) is 0.164. The first-order valence-electron chi connectivity index (χ1n) is 10.4. The number of rotatable bonds is 6. The predicted molar refractivity (Wildman–Crippen MR) is 135 cm³/mol. The largest absolute Gasteiger partial charge is 0.320 e. The van der Waals surface area contributed by atoms with Crippen LogP contribution in [0.4, 0.5) is 11.4 Å². The second-order valence-electron chi connectivity index (χ2n) is 7.66. The lowest BCUT2D eigenvalue weighted by atomic mass is 10.2. The molecule has 1 amide bonds. The number of halogens is 1. The van der Waals surface area contributed by atoms with Gasteiger partial charge in [-0.25, -0.2) is 4.98 Å². The minimum atomic E-state index is -0.549. The molecular weight excluding hydrogens is 496 g/mol. The van der Waals surface area contributed by atoms with Crippen LogP contribution in [-0.4, -0.2) is 26.1 Å². The summed E-state index contributed by atoms with van der Waals surface area (Å²) in [5, 5.41) is 15.4. The number of carbonyl (C=O) groups is 1. The van der Waals surface area contributed by atoms with E-state index in [1.54, 1.807) is 30.3 Å². The fraction of sp³-hybridized carbons (Fsp3) is 0.174. The number of benzene rings is 2. The van der Waals surface area contributed by atoms with Gasteiger partial charge in [0.25, 0.3) is 11.2 Å². The van der Waals surface area contributed by atoms with Crippen LogP contribution < -0.4 is 10.9 Å². The van der Waals surface area contributed by atoms with Crippen molar-refractivity contribution in [2.75, 3.05) is 11.1 Å². The highest BCUT2D eigenvalue weighted by atomic mass is 35.5. The summed E-state index contributed by atoms with van der Waals surface area (Å²) in [5.74, 6) is -0.521. The molecule has 1 aliphatic rings. The SMILES string of the molecule is O=C(CSc1nc2sc3c(c2c(=O)n1-c1ccc(Cl)cc1)CCC3)Nc1ccccc1[N+](=O)[O-]. The Hall–Kier alpha value is -3.21. The number of carbonyl (C=O) groups excluding carboxylic acids is 1. The second kappa shape index (κ2) is 9.21. The number of para-hydroxylation sites is 2. The summed E-state index contributed by atoms with van der Waals surface area (Å²) in [6, 6.07) is 12.8. The first-order valence-corrected chi connectivity index (χ1v) is 12.6. The van der Waals surface area contributed by atoms with Crippen molar-refractivity contribution in [2.45, 2.75) is 24.4 Å². The molecule has 2 heterocycles. The van der Waals surface area contributed by atoms with E-state index in [0.29, 0.717) is 26.1 Å². The first-order chi connectivity index (χ1) is 16.4. The van der Waals surface area contributed by atoms with Crippen LogP contribution in [0.3, 0.4) is 0 Å². The highest BCUT2D eigenvalue weighted by Crippen LogP contribution is 2.36. The van der Waals surface area contributed by atoms with Crippen LogP contribution in [0.2, 0.25) is 5.02 Å². The molecule has 172 valence electrons. The molecule has 5 rings (SSSR count). The Balaban J connectivity index is 1.50. The van der Waals surface area contributed by atoms with Crippen LogP contribution in [0, 0.1) is 10.1 Å². The van der Waals surface area contributed by atoms with Gasteiger partial charge in [-0.2, -0.15) is 0 Å². The lowest BCUT2D eigenvalue weighted by Crippen LogP contribution is -2.23. The number of nitro benzene ring substituents is 1. The normalized spacial score (nSPS) is 12.6. The number of hydrogen-bond acceptors (Lipinski definition) is 7. The molecule has 0 unspecified atom stereocenters. The predicted octanol–water partition coefficient (Wildman–Crippen LogP) is 5.23. The van der Waals surface area contributed by atoms with Crippen molar-refractivity contribution in [2.24, 2.45) is 0 Å². The van der Waals surface area contributed by atoms with E-state index in [-0.39, 0.29) is 22.7 Å². The van der Waals surface area contributed by atoms with Gasteiger partial charge in [-0.15, -0.1) is 11.3 Å². The smallest absolute Gasteiger partial charge is 0.292 e. The van der Waals surface area contributed by atoms with Crippen molar-refractivity contribution in [3.63, 3.8) is 0 Å². The maximum Gasteiger partial charge on any atom is 0.292 e. The van der Waals surface area contributed by atoms with Gasteiger partial charge in [0.1, 0.15) is 10.5 Å². The summed E-state index contributed by atoms with van der Waals surface area (Å²) >= 11 is 8.67. The molecule has 0 bridgehead atoms. The van der Waals surface area contributed by atoms with Crippen LogP contribution in [0.15, 0.2) is 58.5 Å². The summed E-state index contributed by atoms with van der Waals surface area (Å²) in [6.45, 7) is 0. The van der Waals surface area contributed by atoms with Gasteiger partial charge >= 0.3 is 0 Å². The van der Waals surface area contributed by atoms with E-state index in [2.05, 4.69) is 5.32 Å². The molecule has 0 saturated carbocycles. The third-order valence-corrected chi connectivity index (χ3v) is 7.88. The van der Waals surface area contributed by atoms with Gasteiger partial charge in [0.15, 0.2) is 5.16 Å². The minimum absolute atomic E-state index is 0.0807. The van der Waals surface area contributed by atoms with Crippen LogP contribution in [0.25, 0.3) is 15.9 Å². The number of nitrogens with one attached hydrogen (secondary N) is 1. The zero-order valence-corrected chi connectivity index (χ0v) is 20.0. The van der Waals surface area contributed by atoms with E-state index in [1.807, 2.05) is 0 Å². The number of nitro groups is 1. The van der Waals surface area contributed by atoms with E-state index in [1.165, 1.54) is 39.0 Å². The molecule has 0 spiro atoms. The number of amides is 1. The van der Waals surface area contributed by atoms with Gasteiger partial charge in [-0.05, 0) is 55.2 Å². The number of thioether (sulfide) groups is 1. The summed E-state index contributed by atoms with van der Waals surface area (Å²) in [7, 11) is 0. The maximum absolute atomic E-state index is 13.6. The van der Waals surface area contributed by atoms with Crippen molar-refractivity contribution >= 4 is 62.2 Å². The molecule has 1 N–H and O–H groups in total. The van der Waals surface area contributed by atoms with Crippen molar-refractivity contribution in [3.05, 3.63) is 84.5 Å². The number of nitrogens with zero attached hydrogens (tertiary/aromatic N) is 3. The lowest BCUT2D eigenvalue weighted by molar-refractivity contribution is -0.383.